The number of nitrogen functional groups attached to an aromatic ring is 1. The Kier molecular flexibility index (Phi) is 5.88. The maximum atomic E-state index is 6.15. The van der Waals surface area contributed by atoms with Crippen molar-refractivity contribution in [3.05, 3.63) is 144 Å². The van der Waals surface area contributed by atoms with E-state index in [2.05, 4.69) is 89.9 Å². The van der Waals surface area contributed by atoms with Crippen LogP contribution in [0.15, 0.2) is 137 Å². The molecule has 5 aromatic carbocycles. The maximum absolute atomic E-state index is 6.15. The van der Waals surface area contributed by atoms with E-state index in [1.165, 1.54) is 0 Å². The van der Waals surface area contributed by atoms with Crippen molar-refractivity contribution in [1.29, 1.82) is 0 Å². The Labute approximate surface area is 216 Å². The van der Waals surface area contributed by atoms with Crippen LogP contribution in [0.2, 0.25) is 0 Å². The Morgan fingerprint density at radius 2 is 1.32 bits per heavy atom. The summed E-state index contributed by atoms with van der Waals surface area (Å²) in [4.78, 5) is 4.68. The molecule has 0 bridgehead atoms. The highest BCUT2D eigenvalue weighted by Crippen LogP contribution is 2.32. The third-order valence-electron chi connectivity index (χ3n) is 6.67. The summed E-state index contributed by atoms with van der Waals surface area (Å²) >= 11 is 0. The first-order valence-electron chi connectivity index (χ1n) is 12.3. The minimum absolute atomic E-state index is 0.753. The molecule has 0 saturated heterocycles. The van der Waals surface area contributed by atoms with Gasteiger partial charge in [0.25, 0.3) is 0 Å². The molecule has 0 atom stereocenters. The van der Waals surface area contributed by atoms with E-state index in [-0.39, 0.29) is 0 Å². The van der Waals surface area contributed by atoms with Crippen molar-refractivity contribution in [3.8, 4) is 11.1 Å². The van der Waals surface area contributed by atoms with Crippen molar-refractivity contribution in [3.63, 3.8) is 0 Å². The van der Waals surface area contributed by atoms with Gasteiger partial charge in [-0.2, -0.15) is 0 Å². The second-order valence-electron chi connectivity index (χ2n) is 9.05. The van der Waals surface area contributed by atoms with Gasteiger partial charge in [-0.1, -0.05) is 84.9 Å². The van der Waals surface area contributed by atoms with Crippen LogP contribution in [0.25, 0.3) is 38.6 Å². The van der Waals surface area contributed by atoms with E-state index in [1.807, 2.05) is 49.5 Å². The van der Waals surface area contributed by atoms with E-state index in [9.17, 15) is 0 Å². The number of hydrogen-bond acceptors (Lipinski definition) is 3. The van der Waals surface area contributed by atoms with E-state index in [1.54, 1.807) is 0 Å². The van der Waals surface area contributed by atoms with Crippen LogP contribution in [0.5, 0.6) is 0 Å². The van der Waals surface area contributed by atoms with Gasteiger partial charge in [0.1, 0.15) is 11.2 Å². The average Bonchev–Trinajstić information content (AvgIpc) is 3.32. The Morgan fingerprint density at radius 3 is 2.14 bits per heavy atom. The molecule has 1 heterocycles. The summed E-state index contributed by atoms with van der Waals surface area (Å²) in [6.07, 6.45) is 2.16. The predicted octanol–water partition coefficient (Wildman–Crippen LogP) is 8.39. The van der Waals surface area contributed by atoms with E-state index in [4.69, 9.17) is 10.2 Å². The number of allylic oxidation sites excluding steroid dienone is 1. The molecule has 3 heteroatoms. The molecule has 37 heavy (non-hydrogen) atoms. The molecule has 0 aliphatic heterocycles. The van der Waals surface area contributed by atoms with Crippen LogP contribution < -0.4 is 5.73 Å². The smallest absolute Gasteiger partial charge is 0.136 e. The SMILES string of the molecule is CN=C(/C=C(\c1ccccc1)c1cccc(-c2cccc(N)c2)c1)c1ccc2c(c1)oc1ccccc12. The van der Waals surface area contributed by atoms with Crippen LogP contribution in [0, 0.1) is 0 Å². The average molecular weight is 479 g/mol. The van der Waals surface area contributed by atoms with Gasteiger partial charge in [0, 0.05) is 29.1 Å². The second kappa shape index (κ2) is 9.63. The number of aliphatic imine (C=N–C) groups is 1. The summed E-state index contributed by atoms with van der Waals surface area (Å²) in [5, 5.41) is 2.23. The number of hydrogen-bond donors (Lipinski definition) is 1. The Bertz CT molecular complexity index is 1790. The zero-order valence-electron chi connectivity index (χ0n) is 20.6. The molecule has 0 fully saturated rings. The summed E-state index contributed by atoms with van der Waals surface area (Å²) in [7, 11) is 1.83. The number of para-hydroxylation sites is 1. The number of benzene rings is 5. The molecule has 1 aromatic heterocycles. The summed E-state index contributed by atoms with van der Waals surface area (Å²) in [5.74, 6) is 0. The van der Waals surface area contributed by atoms with Crippen LogP contribution in [0.4, 0.5) is 5.69 Å². The summed E-state index contributed by atoms with van der Waals surface area (Å²) in [6, 6.07) is 41.4. The fourth-order valence-corrected chi connectivity index (χ4v) is 4.83. The lowest BCUT2D eigenvalue weighted by Gasteiger charge is -2.12. The van der Waals surface area contributed by atoms with Gasteiger partial charge >= 0.3 is 0 Å². The van der Waals surface area contributed by atoms with Crippen molar-refractivity contribution < 1.29 is 4.42 Å². The van der Waals surface area contributed by atoms with Gasteiger partial charge in [-0.25, -0.2) is 0 Å². The second-order valence-corrected chi connectivity index (χ2v) is 9.05. The Hall–Kier alpha value is -4.89. The molecule has 0 aliphatic rings. The van der Waals surface area contributed by atoms with E-state index >= 15 is 0 Å². The third-order valence-corrected chi connectivity index (χ3v) is 6.67. The highest BCUT2D eigenvalue weighted by molar-refractivity contribution is 6.16. The molecule has 0 saturated carbocycles. The summed E-state index contributed by atoms with van der Waals surface area (Å²) < 4.78 is 6.15. The molecule has 3 nitrogen and oxygen atoms in total. The van der Waals surface area contributed by atoms with Crippen LogP contribution >= 0.6 is 0 Å². The Morgan fingerprint density at radius 1 is 0.622 bits per heavy atom. The van der Waals surface area contributed by atoms with Crippen molar-refractivity contribution in [2.75, 3.05) is 12.8 Å². The van der Waals surface area contributed by atoms with E-state index in [0.717, 1.165) is 66.7 Å². The first-order valence-corrected chi connectivity index (χ1v) is 12.3. The van der Waals surface area contributed by atoms with Crippen molar-refractivity contribution in [2.45, 2.75) is 0 Å². The van der Waals surface area contributed by atoms with Gasteiger partial charge in [0.05, 0.1) is 5.71 Å². The quantitative estimate of drug-likeness (QED) is 0.200. The number of fused-ring (bicyclic) bond motifs is 3. The van der Waals surface area contributed by atoms with Crippen LogP contribution in [0.3, 0.4) is 0 Å². The lowest BCUT2D eigenvalue weighted by atomic mass is 9.92. The van der Waals surface area contributed by atoms with Crippen molar-refractivity contribution in [1.82, 2.24) is 0 Å². The normalized spacial score (nSPS) is 12.4. The highest BCUT2D eigenvalue weighted by Gasteiger charge is 2.12. The summed E-state index contributed by atoms with van der Waals surface area (Å²) in [6.45, 7) is 0. The molecular formula is C34H26N2O. The monoisotopic (exact) mass is 478 g/mol. The molecule has 2 N–H and O–H groups in total. The Balaban J connectivity index is 1.48. The minimum atomic E-state index is 0.753. The summed E-state index contributed by atoms with van der Waals surface area (Å²) in [5.41, 5.74) is 16.0. The van der Waals surface area contributed by atoms with Gasteiger partial charge in [-0.05, 0) is 70.3 Å². The molecule has 6 aromatic rings. The molecular weight excluding hydrogens is 452 g/mol. The number of nitrogens with two attached hydrogens (primary N) is 1. The predicted molar refractivity (Wildman–Crippen MR) is 156 cm³/mol. The first-order chi connectivity index (χ1) is 18.2. The van der Waals surface area contributed by atoms with Gasteiger partial charge in [0.15, 0.2) is 0 Å². The lowest BCUT2D eigenvalue weighted by Crippen LogP contribution is -2.00. The number of nitrogens with zero attached hydrogens (tertiary/aromatic N) is 1. The standard InChI is InChI=1S/C34H26N2O/c1-36-32(27-17-18-30-29-15-5-6-16-33(29)37-34(30)21-27)22-31(23-9-3-2-4-10-23)26-13-7-11-24(19-26)25-12-8-14-28(35)20-25/h2-22H,35H2,1H3/b31-22+,36-32?. The number of rotatable bonds is 5. The van der Waals surface area contributed by atoms with Gasteiger partial charge in [0.2, 0.25) is 0 Å². The van der Waals surface area contributed by atoms with Crippen molar-refractivity contribution in [2.24, 2.45) is 4.99 Å². The van der Waals surface area contributed by atoms with E-state index < -0.39 is 0 Å². The van der Waals surface area contributed by atoms with Crippen LogP contribution in [-0.2, 0) is 0 Å². The highest BCUT2D eigenvalue weighted by atomic mass is 16.3. The van der Waals surface area contributed by atoms with Gasteiger partial charge in [-0.3, -0.25) is 4.99 Å². The third kappa shape index (κ3) is 4.43. The van der Waals surface area contributed by atoms with E-state index in [0.29, 0.717) is 0 Å². The van der Waals surface area contributed by atoms with Gasteiger partial charge in [-0.15, -0.1) is 0 Å². The molecule has 178 valence electrons. The molecule has 0 amide bonds. The minimum Gasteiger partial charge on any atom is -0.456 e. The topological polar surface area (TPSA) is 51.5 Å². The maximum Gasteiger partial charge on any atom is 0.136 e. The zero-order chi connectivity index (χ0) is 25.2. The fourth-order valence-electron chi connectivity index (χ4n) is 4.83. The molecule has 6 rings (SSSR count). The number of anilines is 1. The van der Waals surface area contributed by atoms with Crippen LogP contribution in [0.1, 0.15) is 16.7 Å². The van der Waals surface area contributed by atoms with Gasteiger partial charge < -0.3 is 10.2 Å². The molecule has 0 radical (unpaired) electrons. The molecule has 0 unspecified atom stereocenters. The van der Waals surface area contributed by atoms with Crippen LogP contribution in [-0.4, -0.2) is 12.8 Å². The first kappa shape index (κ1) is 22.6. The largest absolute Gasteiger partial charge is 0.456 e. The van der Waals surface area contributed by atoms with Crippen molar-refractivity contribution >= 4 is 38.9 Å². The molecule has 0 spiro atoms. The lowest BCUT2D eigenvalue weighted by molar-refractivity contribution is 0.669. The number of furan rings is 1. The molecule has 0 aliphatic carbocycles. The fraction of sp³-hybridized carbons (Fsp3) is 0.0294. The zero-order valence-corrected chi connectivity index (χ0v) is 20.6.